The molecule has 6 rings (SSSR count). The predicted octanol–water partition coefficient (Wildman–Crippen LogP) is 4.31. The van der Waals surface area contributed by atoms with Crippen molar-refractivity contribution in [3.8, 4) is 17.1 Å². The molecule has 2 aromatic heterocycles. The number of amides is 2. The van der Waals surface area contributed by atoms with Crippen LogP contribution in [0.2, 0.25) is 0 Å². The summed E-state index contributed by atoms with van der Waals surface area (Å²) in [5.74, 6) is 0.649. The normalized spacial score (nSPS) is 12.7. The molecule has 11 nitrogen and oxygen atoms in total. The SMILES string of the molecule is Cc1ccc2oc(-c3ccc(OCCOCCOCCn4cc(CCN5C(=O)c6ccccc6C5=O)nn4)cc3)cc(=O)c2c1. The summed E-state index contributed by atoms with van der Waals surface area (Å²) in [4.78, 5) is 38.8. The standard InChI is InChI=1S/C34H32N4O7/c1-23-6-11-31-29(20-23)30(39)21-32(45-31)24-7-9-26(10-8-24)44-19-18-43-17-16-42-15-14-37-22-25(35-36-37)12-13-38-33(40)27-4-2-3-5-28(27)34(38)41/h2-11,20-22H,12-19H2,1H3. The molecule has 0 atom stereocenters. The van der Waals surface area contributed by atoms with E-state index in [4.69, 9.17) is 18.6 Å². The molecule has 230 valence electrons. The van der Waals surface area contributed by atoms with Crippen molar-refractivity contribution in [1.82, 2.24) is 19.9 Å². The summed E-state index contributed by atoms with van der Waals surface area (Å²) in [6.45, 7) is 4.77. The average Bonchev–Trinajstić information content (AvgIpc) is 3.61. The monoisotopic (exact) mass is 608 g/mol. The van der Waals surface area contributed by atoms with Gasteiger partial charge >= 0.3 is 0 Å². The average molecular weight is 609 g/mol. The molecule has 5 aromatic rings. The highest BCUT2D eigenvalue weighted by Gasteiger charge is 2.34. The molecule has 0 spiro atoms. The van der Waals surface area contributed by atoms with Gasteiger partial charge in [0.25, 0.3) is 11.8 Å². The summed E-state index contributed by atoms with van der Waals surface area (Å²) < 4.78 is 24.6. The van der Waals surface area contributed by atoms with E-state index in [1.165, 1.54) is 11.0 Å². The van der Waals surface area contributed by atoms with Gasteiger partial charge in [0.15, 0.2) is 5.43 Å². The Kier molecular flexibility index (Phi) is 9.09. The Bertz CT molecular complexity index is 1850. The highest BCUT2D eigenvalue weighted by Crippen LogP contribution is 2.25. The van der Waals surface area contributed by atoms with Crippen molar-refractivity contribution < 1.29 is 28.2 Å². The molecular weight excluding hydrogens is 576 g/mol. The van der Waals surface area contributed by atoms with E-state index in [-0.39, 0.29) is 23.8 Å². The second kappa shape index (κ2) is 13.7. The summed E-state index contributed by atoms with van der Waals surface area (Å²) in [5, 5.41) is 8.81. The van der Waals surface area contributed by atoms with Gasteiger partial charge in [-0.05, 0) is 55.5 Å². The Labute approximate surface area is 258 Å². The Morgan fingerprint density at radius 2 is 1.49 bits per heavy atom. The molecule has 0 saturated heterocycles. The van der Waals surface area contributed by atoms with Gasteiger partial charge < -0.3 is 18.6 Å². The van der Waals surface area contributed by atoms with Gasteiger partial charge in [-0.1, -0.05) is 29.0 Å². The third kappa shape index (κ3) is 7.00. The van der Waals surface area contributed by atoms with Crippen LogP contribution in [0.4, 0.5) is 0 Å². The minimum atomic E-state index is -0.274. The fourth-order valence-corrected chi connectivity index (χ4v) is 5.06. The van der Waals surface area contributed by atoms with Gasteiger partial charge in [-0.2, -0.15) is 0 Å². The zero-order chi connectivity index (χ0) is 31.2. The first kappa shape index (κ1) is 29.9. The zero-order valence-corrected chi connectivity index (χ0v) is 24.8. The molecule has 0 saturated carbocycles. The maximum absolute atomic E-state index is 12.5. The number of nitrogens with zero attached hydrogens (tertiary/aromatic N) is 4. The van der Waals surface area contributed by atoms with E-state index >= 15 is 0 Å². The molecule has 0 fully saturated rings. The highest BCUT2D eigenvalue weighted by atomic mass is 16.5. The lowest BCUT2D eigenvalue weighted by Crippen LogP contribution is -2.31. The summed E-state index contributed by atoms with van der Waals surface area (Å²) in [6, 6.07) is 21.3. The Morgan fingerprint density at radius 1 is 0.778 bits per heavy atom. The van der Waals surface area contributed by atoms with Gasteiger partial charge in [-0.15, -0.1) is 5.10 Å². The topological polar surface area (TPSA) is 126 Å². The van der Waals surface area contributed by atoms with E-state index in [1.807, 2.05) is 49.4 Å². The Balaban J connectivity index is 0.842. The van der Waals surface area contributed by atoms with E-state index in [2.05, 4.69) is 10.3 Å². The molecule has 1 aliphatic heterocycles. The molecule has 3 aromatic carbocycles. The molecule has 3 heterocycles. The first-order chi connectivity index (χ1) is 22.0. The van der Waals surface area contributed by atoms with E-state index in [0.717, 1.165) is 11.1 Å². The molecule has 0 radical (unpaired) electrons. The van der Waals surface area contributed by atoms with Crippen LogP contribution in [0, 0.1) is 6.92 Å². The van der Waals surface area contributed by atoms with Gasteiger partial charge in [0, 0.05) is 30.8 Å². The number of fused-ring (bicyclic) bond motifs is 2. The largest absolute Gasteiger partial charge is 0.491 e. The molecule has 0 aliphatic carbocycles. The minimum Gasteiger partial charge on any atom is -0.491 e. The molecule has 45 heavy (non-hydrogen) atoms. The van der Waals surface area contributed by atoms with Crippen LogP contribution in [0.25, 0.3) is 22.3 Å². The van der Waals surface area contributed by atoms with Crippen LogP contribution < -0.4 is 10.2 Å². The smallest absolute Gasteiger partial charge is 0.261 e. The molecule has 0 unspecified atom stereocenters. The second-order valence-electron chi connectivity index (χ2n) is 10.6. The number of hydrogen-bond acceptors (Lipinski definition) is 9. The van der Waals surface area contributed by atoms with Crippen molar-refractivity contribution in [3.63, 3.8) is 0 Å². The van der Waals surface area contributed by atoms with Crippen LogP contribution in [0.15, 0.2) is 88.2 Å². The highest BCUT2D eigenvalue weighted by molar-refractivity contribution is 6.21. The van der Waals surface area contributed by atoms with Crippen molar-refractivity contribution in [2.45, 2.75) is 19.9 Å². The summed E-state index contributed by atoms with van der Waals surface area (Å²) in [5.41, 5.74) is 3.87. The first-order valence-electron chi connectivity index (χ1n) is 14.7. The Morgan fingerprint density at radius 3 is 2.24 bits per heavy atom. The molecule has 11 heteroatoms. The van der Waals surface area contributed by atoms with Crippen LogP contribution in [0.5, 0.6) is 5.75 Å². The maximum atomic E-state index is 12.5. The number of aromatic nitrogens is 3. The van der Waals surface area contributed by atoms with E-state index in [0.29, 0.717) is 85.3 Å². The number of carbonyl (C=O) groups is 2. The van der Waals surface area contributed by atoms with Crippen LogP contribution >= 0.6 is 0 Å². The molecule has 0 N–H and O–H groups in total. The van der Waals surface area contributed by atoms with E-state index < -0.39 is 0 Å². The third-order valence-electron chi connectivity index (χ3n) is 7.41. The summed E-state index contributed by atoms with van der Waals surface area (Å²) >= 11 is 0. The number of benzene rings is 3. The zero-order valence-electron chi connectivity index (χ0n) is 24.8. The quantitative estimate of drug-likeness (QED) is 0.134. The van der Waals surface area contributed by atoms with Gasteiger partial charge in [-0.25, -0.2) is 4.68 Å². The third-order valence-corrected chi connectivity index (χ3v) is 7.41. The summed E-state index contributed by atoms with van der Waals surface area (Å²) in [6.07, 6.45) is 2.22. The lowest BCUT2D eigenvalue weighted by atomic mass is 10.1. The van der Waals surface area contributed by atoms with Gasteiger partial charge in [0.1, 0.15) is 23.7 Å². The van der Waals surface area contributed by atoms with Crippen LogP contribution in [-0.2, 0) is 22.4 Å². The predicted molar refractivity (Wildman–Crippen MR) is 165 cm³/mol. The fourth-order valence-electron chi connectivity index (χ4n) is 5.06. The van der Waals surface area contributed by atoms with Crippen molar-refractivity contribution in [2.75, 3.05) is 39.6 Å². The number of carbonyl (C=O) groups excluding carboxylic acids is 2. The van der Waals surface area contributed by atoms with Crippen LogP contribution in [0.1, 0.15) is 32.0 Å². The van der Waals surface area contributed by atoms with Crippen molar-refractivity contribution in [3.05, 3.63) is 112 Å². The van der Waals surface area contributed by atoms with Gasteiger partial charge in [-0.3, -0.25) is 19.3 Å². The number of ether oxygens (including phenoxy) is 3. The molecule has 0 bridgehead atoms. The molecular formula is C34H32N4O7. The van der Waals surface area contributed by atoms with Crippen molar-refractivity contribution >= 4 is 22.8 Å². The number of hydrogen-bond donors (Lipinski definition) is 0. The van der Waals surface area contributed by atoms with Gasteiger partial charge in [0.2, 0.25) is 0 Å². The van der Waals surface area contributed by atoms with E-state index in [1.54, 1.807) is 35.1 Å². The van der Waals surface area contributed by atoms with Crippen LogP contribution in [0.3, 0.4) is 0 Å². The lowest BCUT2D eigenvalue weighted by molar-refractivity contribution is 0.0333. The Hall–Kier alpha value is -5.13. The summed E-state index contributed by atoms with van der Waals surface area (Å²) in [7, 11) is 0. The lowest BCUT2D eigenvalue weighted by Gasteiger charge is -2.12. The number of imide groups is 1. The minimum absolute atomic E-state index is 0.0707. The van der Waals surface area contributed by atoms with Crippen LogP contribution in [-0.4, -0.2) is 71.3 Å². The van der Waals surface area contributed by atoms with Crippen molar-refractivity contribution in [1.29, 1.82) is 0 Å². The van der Waals surface area contributed by atoms with Crippen molar-refractivity contribution in [2.24, 2.45) is 0 Å². The molecule has 2 amide bonds. The second-order valence-corrected chi connectivity index (χ2v) is 10.6. The van der Waals surface area contributed by atoms with Gasteiger partial charge in [0.05, 0.1) is 55.2 Å². The fraction of sp³-hybridized carbons (Fsp3) is 0.265. The molecule has 1 aliphatic rings. The maximum Gasteiger partial charge on any atom is 0.261 e. The number of rotatable bonds is 14. The van der Waals surface area contributed by atoms with E-state index in [9.17, 15) is 14.4 Å². The first-order valence-corrected chi connectivity index (χ1v) is 14.7. The number of aryl methyl sites for hydroxylation is 1.